The Morgan fingerprint density at radius 3 is 2.70 bits per heavy atom. The molecule has 3 aromatic rings. The van der Waals surface area contributed by atoms with Gasteiger partial charge in [0.1, 0.15) is 0 Å². The van der Waals surface area contributed by atoms with E-state index in [1.54, 1.807) is 7.05 Å². The third-order valence-corrected chi connectivity index (χ3v) is 6.35. The van der Waals surface area contributed by atoms with Crippen LogP contribution in [-0.2, 0) is 26.3 Å². The van der Waals surface area contributed by atoms with Crippen LogP contribution in [0.3, 0.4) is 0 Å². The van der Waals surface area contributed by atoms with Crippen LogP contribution >= 0.6 is 23.1 Å². The Labute approximate surface area is 165 Å². The van der Waals surface area contributed by atoms with Crippen LogP contribution in [0.4, 0.5) is 10.8 Å². The fourth-order valence-corrected chi connectivity index (χ4v) is 4.46. The fourth-order valence-electron chi connectivity index (χ4n) is 2.68. The standard InChI is InChI=1S/C18H21N5O2S2/c1-5-12-8-6-7-11(2)15(12)19-16-20-21-17(27-16)26-10-13-9-14(24)23(4)18(25)22(13)3/h6-9H,5,10H2,1-4H3,(H,19,20). The van der Waals surface area contributed by atoms with Gasteiger partial charge < -0.3 is 5.32 Å². The molecule has 27 heavy (non-hydrogen) atoms. The molecular formula is C18H21N5O2S2. The van der Waals surface area contributed by atoms with Crippen LogP contribution in [-0.4, -0.2) is 19.3 Å². The Morgan fingerprint density at radius 1 is 1.19 bits per heavy atom. The second-order valence-corrected chi connectivity index (χ2v) is 8.32. The predicted molar refractivity (Wildman–Crippen MR) is 110 cm³/mol. The van der Waals surface area contributed by atoms with Gasteiger partial charge in [0.05, 0.1) is 0 Å². The van der Waals surface area contributed by atoms with Crippen molar-refractivity contribution in [1.29, 1.82) is 0 Å². The third kappa shape index (κ3) is 4.14. The molecule has 0 aliphatic carbocycles. The lowest BCUT2D eigenvalue weighted by Crippen LogP contribution is -2.37. The van der Waals surface area contributed by atoms with Crippen LogP contribution in [0.5, 0.6) is 0 Å². The van der Waals surface area contributed by atoms with Crippen molar-refractivity contribution >= 4 is 33.9 Å². The highest BCUT2D eigenvalue weighted by atomic mass is 32.2. The maximum Gasteiger partial charge on any atom is 0.330 e. The normalized spacial score (nSPS) is 11.0. The Hall–Kier alpha value is -2.39. The molecule has 0 saturated carbocycles. The summed E-state index contributed by atoms with van der Waals surface area (Å²) in [5.74, 6) is 0.473. The van der Waals surface area contributed by atoms with Crippen LogP contribution in [0.15, 0.2) is 38.2 Å². The summed E-state index contributed by atoms with van der Waals surface area (Å²) in [4.78, 5) is 23.8. The van der Waals surface area contributed by atoms with E-state index in [1.807, 2.05) is 0 Å². The number of anilines is 2. The van der Waals surface area contributed by atoms with E-state index in [0.717, 1.165) is 31.7 Å². The van der Waals surface area contributed by atoms with Gasteiger partial charge in [-0.05, 0) is 24.5 Å². The van der Waals surface area contributed by atoms with Crippen LogP contribution in [0.1, 0.15) is 23.7 Å². The van der Waals surface area contributed by atoms with Gasteiger partial charge in [0.25, 0.3) is 5.56 Å². The summed E-state index contributed by atoms with van der Waals surface area (Å²) in [7, 11) is 3.13. The molecule has 1 aromatic carbocycles. The first-order chi connectivity index (χ1) is 12.9. The van der Waals surface area contributed by atoms with Crippen molar-refractivity contribution in [2.45, 2.75) is 30.4 Å². The fraction of sp³-hybridized carbons (Fsp3) is 0.333. The summed E-state index contributed by atoms with van der Waals surface area (Å²) in [6.07, 6.45) is 0.932. The van der Waals surface area contributed by atoms with E-state index in [4.69, 9.17) is 0 Å². The number of para-hydroxylation sites is 1. The van der Waals surface area contributed by atoms with E-state index >= 15 is 0 Å². The largest absolute Gasteiger partial charge is 0.330 e. The van der Waals surface area contributed by atoms with E-state index in [9.17, 15) is 9.59 Å². The smallest absolute Gasteiger partial charge is 0.330 e. The quantitative estimate of drug-likeness (QED) is 0.638. The molecule has 142 valence electrons. The lowest BCUT2D eigenvalue weighted by atomic mass is 10.1. The summed E-state index contributed by atoms with van der Waals surface area (Å²) in [6, 6.07) is 7.70. The van der Waals surface area contributed by atoms with Gasteiger partial charge >= 0.3 is 5.69 Å². The first-order valence-electron chi connectivity index (χ1n) is 8.48. The predicted octanol–water partition coefficient (Wildman–Crippen LogP) is 2.84. The molecule has 0 atom stereocenters. The summed E-state index contributed by atoms with van der Waals surface area (Å²) >= 11 is 2.90. The number of aromatic nitrogens is 4. The minimum Gasteiger partial charge on any atom is -0.330 e. The molecule has 0 aliphatic rings. The molecule has 0 radical (unpaired) electrons. The second kappa shape index (κ2) is 8.10. The number of rotatable bonds is 6. The zero-order valence-corrected chi connectivity index (χ0v) is 17.3. The van der Waals surface area contributed by atoms with Gasteiger partial charge in [-0.25, -0.2) is 4.79 Å². The van der Waals surface area contributed by atoms with Gasteiger partial charge in [-0.3, -0.25) is 13.9 Å². The van der Waals surface area contributed by atoms with Crippen molar-refractivity contribution in [3.63, 3.8) is 0 Å². The number of nitrogens with one attached hydrogen (secondary N) is 1. The molecule has 1 N–H and O–H groups in total. The Bertz CT molecular complexity index is 1080. The van der Waals surface area contributed by atoms with E-state index < -0.39 is 0 Å². The Kier molecular flexibility index (Phi) is 5.81. The topological polar surface area (TPSA) is 81.8 Å². The average Bonchev–Trinajstić information content (AvgIpc) is 3.11. The molecule has 0 aliphatic heterocycles. The van der Waals surface area contributed by atoms with Gasteiger partial charge in [-0.2, -0.15) is 0 Å². The van der Waals surface area contributed by atoms with Crippen LogP contribution in [0.2, 0.25) is 0 Å². The first-order valence-corrected chi connectivity index (χ1v) is 10.3. The van der Waals surface area contributed by atoms with Crippen molar-refractivity contribution in [1.82, 2.24) is 19.3 Å². The first kappa shape index (κ1) is 19.4. The van der Waals surface area contributed by atoms with Gasteiger partial charge in [-0.15, -0.1) is 10.2 Å². The molecular weight excluding hydrogens is 382 g/mol. The minimum atomic E-state index is -0.329. The Balaban J connectivity index is 1.75. The highest BCUT2D eigenvalue weighted by molar-refractivity contribution is 8.00. The molecule has 7 nitrogen and oxygen atoms in total. The lowest BCUT2D eigenvalue weighted by Gasteiger charge is -2.11. The van der Waals surface area contributed by atoms with E-state index in [0.29, 0.717) is 11.4 Å². The Morgan fingerprint density at radius 2 is 1.96 bits per heavy atom. The SMILES string of the molecule is CCc1cccc(C)c1Nc1nnc(SCc2cc(=O)n(C)c(=O)n2C)s1. The van der Waals surface area contributed by atoms with Gasteiger partial charge in [-0.1, -0.05) is 48.2 Å². The van der Waals surface area contributed by atoms with Crippen LogP contribution < -0.4 is 16.6 Å². The lowest BCUT2D eigenvalue weighted by molar-refractivity contribution is 0.665. The van der Waals surface area contributed by atoms with Gasteiger partial charge in [0, 0.05) is 37.3 Å². The number of nitrogens with zero attached hydrogens (tertiary/aromatic N) is 4. The second-order valence-electron chi connectivity index (χ2n) is 6.12. The zero-order chi connectivity index (χ0) is 19.6. The number of hydrogen-bond donors (Lipinski definition) is 1. The monoisotopic (exact) mass is 403 g/mol. The summed E-state index contributed by atoms with van der Waals surface area (Å²) in [5, 5.41) is 12.5. The number of benzene rings is 1. The molecule has 3 rings (SSSR count). The number of thioether (sulfide) groups is 1. The maximum atomic E-state index is 12.0. The van der Waals surface area contributed by atoms with Crippen molar-refractivity contribution in [2.24, 2.45) is 14.1 Å². The minimum absolute atomic E-state index is 0.306. The molecule has 0 fully saturated rings. The van der Waals surface area contributed by atoms with Crippen molar-refractivity contribution in [2.75, 3.05) is 5.32 Å². The van der Waals surface area contributed by atoms with E-state index in [-0.39, 0.29) is 11.2 Å². The summed E-state index contributed by atoms with van der Waals surface area (Å²) < 4.78 is 3.35. The number of aryl methyl sites for hydroxylation is 2. The van der Waals surface area contributed by atoms with Crippen LogP contribution in [0, 0.1) is 6.92 Å². The molecule has 0 spiro atoms. The van der Waals surface area contributed by atoms with Gasteiger partial charge in [0.2, 0.25) is 5.13 Å². The maximum absolute atomic E-state index is 12.0. The zero-order valence-electron chi connectivity index (χ0n) is 15.6. The molecule has 2 aromatic heterocycles. The highest BCUT2D eigenvalue weighted by Gasteiger charge is 2.11. The van der Waals surface area contributed by atoms with Crippen molar-refractivity contribution in [3.8, 4) is 0 Å². The molecule has 2 heterocycles. The molecule has 0 amide bonds. The van der Waals surface area contributed by atoms with Crippen molar-refractivity contribution in [3.05, 3.63) is 61.9 Å². The number of hydrogen-bond acceptors (Lipinski definition) is 7. The molecule has 0 saturated heterocycles. The molecule has 9 heteroatoms. The van der Waals surface area contributed by atoms with E-state index in [1.165, 1.54) is 46.3 Å². The highest BCUT2D eigenvalue weighted by Crippen LogP contribution is 2.31. The average molecular weight is 404 g/mol. The van der Waals surface area contributed by atoms with Crippen molar-refractivity contribution < 1.29 is 0 Å². The summed E-state index contributed by atoms with van der Waals surface area (Å²) in [6.45, 7) is 4.18. The van der Waals surface area contributed by atoms with E-state index in [2.05, 4.69) is 47.6 Å². The molecule has 0 unspecified atom stereocenters. The van der Waals surface area contributed by atoms with Gasteiger partial charge in [0.15, 0.2) is 4.34 Å². The summed E-state index contributed by atoms with van der Waals surface area (Å²) in [5.41, 5.74) is 3.49. The molecule has 0 bridgehead atoms. The van der Waals surface area contributed by atoms with Crippen LogP contribution in [0.25, 0.3) is 0 Å². The third-order valence-electron chi connectivity index (χ3n) is 4.35.